The average Bonchev–Trinajstić information content (AvgIpc) is 2.87. The third kappa shape index (κ3) is 3.04. The molecule has 1 amide bonds. The van der Waals surface area contributed by atoms with Crippen LogP contribution in [0.15, 0.2) is 18.3 Å². The summed E-state index contributed by atoms with van der Waals surface area (Å²) in [6.45, 7) is 6.74. The second-order valence-electron chi connectivity index (χ2n) is 4.77. The lowest BCUT2D eigenvalue weighted by molar-refractivity contribution is 0.0767. The Morgan fingerprint density at radius 1 is 1.53 bits per heavy atom. The molecule has 2 rings (SSSR count). The molecule has 5 heteroatoms. The fraction of sp³-hybridized carbons (Fsp3) is 0.571. The van der Waals surface area contributed by atoms with Crippen molar-refractivity contribution in [3.8, 4) is 0 Å². The van der Waals surface area contributed by atoms with Crippen molar-refractivity contribution < 1.29 is 9.90 Å². The number of anilines is 1. The summed E-state index contributed by atoms with van der Waals surface area (Å²) in [5.41, 5.74) is 1.43. The van der Waals surface area contributed by atoms with Gasteiger partial charge < -0.3 is 14.9 Å². The van der Waals surface area contributed by atoms with Crippen LogP contribution in [0.5, 0.6) is 0 Å². The average molecular weight is 263 g/mol. The van der Waals surface area contributed by atoms with E-state index in [2.05, 4.69) is 9.88 Å². The van der Waals surface area contributed by atoms with E-state index in [4.69, 9.17) is 0 Å². The van der Waals surface area contributed by atoms with Gasteiger partial charge in [-0.1, -0.05) is 0 Å². The summed E-state index contributed by atoms with van der Waals surface area (Å²) in [5, 5.41) is 9.57. The van der Waals surface area contributed by atoms with Crippen molar-refractivity contribution in [2.24, 2.45) is 0 Å². The SMILES string of the molecule is CCN(CC)C(=O)c1cc(N2CCC(O)C2)ccn1. The second-order valence-corrected chi connectivity index (χ2v) is 4.77. The minimum absolute atomic E-state index is 0.0356. The summed E-state index contributed by atoms with van der Waals surface area (Å²) in [7, 11) is 0. The van der Waals surface area contributed by atoms with Gasteiger partial charge in [0.05, 0.1) is 6.10 Å². The maximum Gasteiger partial charge on any atom is 0.272 e. The summed E-state index contributed by atoms with van der Waals surface area (Å²) in [6.07, 6.45) is 2.17. The smallest absolute Gasteiger partial charge is 0.272 e. The highest BCUT2D eigenvalue weighted by atomic mass is 16.3. The van der Waals surface area contributed by atoms with Crippen molar-refractivity contribution in [3.63, 3.8) is 0 Å². The van der Waals surface area contributed by atoms with Crippen LogP contribution in [0, 0.1) is 0 Å². The molecule has 104 valence electrons. The molecular weight excluding hydrogens is 242 g/mol. The van der Waals surface area contributed by atoms with Crippen LogP contribution < -0.4 is 4.90 Å². The van der Waals surface area contributed by atoms with E-state index >= 15 is 0 Å². The van der Waals surface area contributed by atoms with Crippen LogP contribution in [-0.2, 0) is 0 Å². The molecule has 1 fully saturated rings. The Labute approximate surface area is 113 Å². The first-order valence-corrected chi connectivity index (χ1v) is 6.84. The molecule has 1 N–H and O–H groups in total. The first-order valence-electron chi connectivity index (χ1n) is 6.84. The predicted molar refractivity (Wildman–Crippen MR) is 74.3 cm³/mol. The molecule has 0 aromatic carbocycles. The maximum absolute atomic E-state index is 12.2. The molecular formula is C14H21N3O2. The molecule has 0 saturated carbocycles. The van der Waals surface area contributed by atoms with E-state index < -0.39 is 0 Å². The summed E-state index contributed by atoms with van der Waals surface area (Å²) in [5.74, 6) is -0.0356. The molecule has 0 radical (unpaired) electrons. The Morgan fingerprint density at radius 2 is 2.26 bits per heavy atom. The van der Waals surface area contributed by atoms with Gasteiger partial charge in [-0.2, -0.15) is 0 Å². The minimum Gasteiger partial charge on any atom is -0.391 e. The van der Waals surface area contributed by atoms with Gasteiger partial charge in [0.15, 0.2) is 0 Å². The summed E-state index contributed by atoms with van der Waals surface area (Å²) in [6, 6.07) is 3.70. The quantitative estimate of drug-likeness (QED) is 0.885. The van der Waals surface area contributed by atoms with E-state index in [0.29, 0.717) is 25.3 Å². The van der Waals surface area contributed by atoms with Gasteiger partial charge in [0, 0.05) is 38.1 Å². The van der Waals surface area contributed by atoms with Gasteiger partial charge in [0.25, 0.3) is 5.91 Å². The van der Waals surface area contributed by atoms with Gasteiger partial charge >= 0.3 is 0 Å². The number of carbonyl (C=O) groups excluding carboxylic acids is 1. The highest BCUT2D eigenvalue weighted by Gasteiger charge is 2.22. The van der Waals surface area contributed by atoms with Crippen LogP contribution in [0.25, 0.3) is 0 Å². The Bertz CT molecular complexity index is 446. The lowest BCUT2D eigenvalue weighted by Gasteiger charge is -2.21. The van der Waals surface area contributed by atoms with Crippen LogP contribution in [-0.4, -0.2) is 53.2 Å². The third-order valence-electron chi connectivity index (χ3n) is 3.54. The number of β-amino-alcohol motifs (C(OH)–C–C–N with tert-alkyl or cyclic N) is 1. The van der Waals surface area contributed by atoms with Crippen LogP contribution in [0.4, 0.5) is 5.69 Å². The van der Waals surface area contributed by atoms with E-state index in [0.717, 1.165) is 18.7 Å². The van der Waals surface area contributed by atoms with Crippen molar-refractivity contribution in [1.29, 1.82) is 0 Å². The zero-order chi connectivity index (χ0) is 13.8. The van der Waals surface area contributed by atoms with Gasteiger partial charge in [-0.3, -0.25) is 9.78 Å². The van der Waals surface area contributed by atoms with Crippen molar-refractivity contribution >= 4 is 11.6 Å². The fourth-order valence-electron chi connectivity index (χ4n) is 2.38. The lowest BCUT2D eigenvalue weighted by atomic mass is 10.2. The fourth-order valence-corrected chi connectivity index (χ4v) is 2.38. The number of aliphatic hydroxyl groups excluding tert-OH is 1. The van der Waals surface area contributed by atoms with Gasteiger partial charge in [-0.25, -0.2) is 0 Å². The molecule has 1 aliphatic rings. The standard InChI is InChI=1S/C14H21N3O2/c1-3-16(4-2)14(19)13-9-11(5-7-15-13)17-8-6-12(18)10-17/h5,7,9,12,18H,3-4,6,8,10H2,1-2H3. The number of pyridine rings is 1. The van der Waals surface area contributed by atoms with Crippen molar-refractivity contribution in [2.75, 3.05) is 31.1 Å². The van der Waals surface area contributed by atoms with Crippen LogP contribution in [0.3, 0.4) is 0 Å². The number of amides is 1. The van der Waals surface area contributed by atoms with Gasteiger partial charge in [-0.15, -0.1) is 0 Å². The molecule has 1 unspecified atom stereocenters. The summed E-state index contributed by atoms with van der Waals surface area (Å²) >= 11 is 0. The molecule has 0 spiro atoms. The molecule has 19 heavy (non-hydrogen) atoms. The maximum atomic E-state index is 12.2. The molecule has 5 nitrogen and oxygen atoms in total. The molecule has 1 aromatic rings. The number of carbonyl (C=O) groups is 1. The number of aromatic nitrogens is 1. The van der Waals surface area contributed by atoms with Crippen molar-refractivity contribution in [3.05, 3.63) is 24.0 Å². The monoisotopic (exact) mass is 263 g/mol. The molecule has 2 heterocycles. The lowest BCUT2D eigenvalue weighted by Crippen LogP contribution is -2.31. The normalized spacial score (nSPS) is 18.7. The number of aliphatic hydroxyl groups is 1. The van der Waals surface area contributed by atoms with Crippen LogP contribution >= 0.6 is 0 Å². The van der Waals surface area contributed by atoms with E-state index in [1.54, 1.807) is 11.1 Å². The van der Waals surface area contributed by atoms with E-state index in [-0.39, 0.29) is 12.0 Å². The first kappa shape index (κ1) is 13.8. The van der Waals surface area contributed by atoms with Crippen LogP contribution in [0.2, 0.25) is 0 Å². The Hall–Kier alpha value is -1.62. The predicted octanol–water partition coefficient (Wildman–Crippen LogP) is 1.13. The summed E-state index contributed by atoms with van der Waals surface area (Å²) in [4.78, 5) is 20.2. The largest absolute Gasteiger partial charge is 0.391 e. The second kappa shape index (κ2) is 6.02. The molecule has 0 aliphatic carbocycles. The van der Waals surface area contributed by atoms with Gasteiger partial charge in [0.2, 0.25) is 0 Å². The number of nitrogens with zero attached hydrogens (tertiary/aromatic N) is 3. The van der Waals surface area contributed by atoms with E-state index in [1.807, 2.05) is 26.0 Å². The van der Waals surface area contributed by atoms with E-state index in [9.17, 15) is 9.90 Å². The van der Waals surface area contributed by atoms with Crippen molar-refractivity contribution in [1.82, 2.24) is 9.88 Å². The highest BCUT2D eigenvalue weighted by molar-refractivity contribution is 5.93. The molecule has 1 atom stereocenters. The molecule has 0 bridgehead atoms. The zero-order valence-corrected chi connectivity index (χ0v) is 11.5. The Balaban J connectivity index is 2.17. The molecule has 1 aliphatic heterocycles. The van der Waals surface area contributed by atoms with Crippen LogP contribution in [0.1, 0.15) is 30.8 Å². The van der Waals surface area contributed by atoms with Gasteiger partial charge in [-0.05, 0) is 32.4 Å². The minimum atomic E-state index is -0.268. The Morgan fingerprint density at radius 3 is 2.84 bits per heavy atom. The van der Waals surface area contributed by atoms with Crippen molar-refractivity contribution in [2.45, 2.75) is 26.4 Å². The van der Waals surface area contributed by atoms with Gasteiger partial charge in [0.1, 0.15) is 5.69 Å². The number of hydrogen-bond acceptors (Lipinski definition) is 4. The third-order valence-corrected chi connectivity index (χ3v) is 3.54. The number of hydrogen-bond donors (Lipinski definition) is 1. The Kier molecular flexibility index (Phi) is 4.37. The zero-order valence-electron chi connectivity index (χ0n) is 11.5. The number of rotatable bonds is 4. The molecule has 1 saturated heterocycles. The first-order chi connectivity index (χ1) is 9.15. The molecule has 1 aromatic heterocycles. The topological polar surface area (TPSA) is 56.7 Å². The van der Waals surface area contributed by atoms with E-state index in [1.165, 1.54) is 0 Å². The summed E-state index contributed by atoms with van der Waals surface area (Å²) < 4.78 is 0. The highest BCUT2D eigenvalue weighted by Crippen LogP contribution is 2.20.